The van der Waals surface area contributed by atoms with Crippen LogP contribution in [0.15, 0.2) is 17.3 Å². The van der Waals surface area contributed by atoms with E-state index in [1.165, 1.54) is 0 Å². The third-order valence-corrected chi connectivity index (χ3v) is 5.13. The standard InChI is InChI=1S/C13H17N3O3S2/c1-3-21(19)7-6-16-12-10(5-4-9(2)14-12)15-13(16)20-8-11(17)18/h4-5H,3,6-8H2,1-2H3,(H,17,18). The van der Waals surface area contributed by atoms with Gasteiger partial charge in [-0.05, 0) is 19.1 Å². The molecule has 0 radical (unpaired) electrons. The number of aromatic nitrogens is 3. The van der Waals surface area contributed by atoms with E-state index >= 15 is 0 Å². The van der Waals surface area contributed by atoms with Crippen LogP contribution >= 0.6 is 11.8 Å². The molecule has 0 aliphatic rings. The van der Waals surface area contributed by atoms with Gasteiger partial charge in [-0.25, -0.2) is 9.97 Å². The first-order valence-electron chi connectivity index (χ1n) is 6.54. The van der Waals surface area contributed by atoms with Crippen LogP contribution in [0.4, 0.5) is 0 Å². The van der Waals surface area contributed by atoms with Crippen LogP contribution in [-0.4, -0.2) is 47.1 Å². The summed E-state index contributed by atoms with van der Waals surface area (Å²) in [5, 5.41) is 9.43. The minimum atomic E-state index is -0.889. The van der Waals surface area contributed by atoms with Crippen molar-refractivity contribution in [3.63, 3.8) is 0 Å². The fourth-order valence-corrected chi connectivity index (χ4v) is 3.27. The highest BCUT2D eigenvalue weighted by atomic mass is 32.2. The van der Waals surface area contributed by atoms with Gasteiger partial charge >= 0.3 is 5.97 Å². The zero-order chi connectivity index (χ0) is 15.4. The summed E-state index contributed by atoms with van der Waals surface area (Å²) in [7, 11) is -0.883. The SMILES string of the molecule is CCS(=O)CCn1c(SCC(=O)O)nc2ccc(C)nc21. The van der Waals surface area contributed by atoms with Gasteiger partial charge in [0.15, 0.2) is 10.8 Å². The Kier molecular flexibility index (Phi) is 5.35. The molecule has 0 aromatic carbocycles. The molecular weight excluding hydrogens is 310 g/mol. The van der Waals surface area contributed by atoms with Crippen LogP contribution in [0.2, 0.25) is 0 Å². The zero-order valence-corrected chi connectivity index (χ0v) is 13.5. The monoisotopic (exact) mass is 327 g/mol. The first kappa shape index (κ1) is 16.0. The average Bonchev–Trinajstić information content (AvgIpc) is 2.79. The Morgan fingerprint density at radius 1 is 1.43 bits per heavy atom. The Hall–Kier alpha value is -1.41. The third-order valence-electron chi connectivity index (χ3n) is 2.89. The number of carbonyl (C=O) groups is 1. The zero-order valence-electron chi connectivity index (χ0n) is 11.9. The number of hydrogen-bond donors (Lipinski definition) is 1. The van der Waals surface area contributed by atoms with Crippen molar-refractivity contribution in [3.05, 3.63) is 17.8 Å². The van der Waals surface area contributed by atoms with Crippen molar-refractivity contribution in [2.45, 2.75) is 25.5 Å². The Bertz CT molecular complexity index is 685. The summed E-state index contributed by atoms with van der Waals surface area (Å²) in [4.78, 5) is 19.6. The van der Waals surface area contributed by atoms with Crippen LogP contribution in [0, 0.1) is 6.92 Å². The maximum absolute atomic E-state index is 11.6. The maximum atomic E-state index is 11.6. The van der Waals surface area contributed by atoms with Crippen LogP contribution < -0.4 is 0 Å². The molecule has 21 heavy (non-hydrogen) atoms. The van der Waals surface area contributed by atoms with Crippen molar-refractivity contribution in [3.8, 4) is 0 Å². The lowest BCUT2D eigenvalue weighted by molar-refractivity contribution is -0.133. The molecule has 1 atom stereocenters. The number of carboxylic acid groups (broad SMARTS) is 1. The van der Waals surface area contributed by atoms with Gasteiger partial charge in [-0.3, -0.25) is 9.00 Å². The van der Waals surface area contributed by atoms with Gasteiger partial charge in [0.05, 0.1) is 5.75 Å². The van der Waals surface area contributed by atoms with E-state index in [0.717, 1.165) is 28.6 Å². The van der Waals surface area contributed by atoms with E-state index in [4.69, 9.17) is 5.11 Å². The quantitative estimate of drug-likeness (QED) is 0.779. The Morgan fingerprint density at radius 2 is 2.19 bits per heavy atom. The topological polar surface area (TPSA) is 85.1 Å². The lowest BCUT2D eigenvalue weighted by Gasteiger charge is -2.07. The normalized spacial score (nSPS) is 12.7. The number of aliphatic carboxylic acids is 1. The van der Waals surface area contributed by atoms with Gasteiger partial charge in [-0.2, -0.15) is 0 Å². The van der Waals surface area contributed by atoms with Gasteiger partial charge in [0.2, 0.25) is 0 Å². The summed E-state index contributed by atoms with van der Waals surface area (Å²) in [6, 6.07) is 3.74. The second kappa shape index (κ2) is 7.04. The predicted octanol–water partition coefficient (Wildman–Crippen LogP) is 1.69. The number of nitrogens with zero attached hydrogens (tertiary/aromatic N) is 3. The molecular formula is C13H17N3O3S2. The summed E-state index contributed by atoms with van der Waals surface area (Å²) in [5.41, 5.74) is 2.32. The van der Waals surface area contributed by atoms with Crippen molar-refractivity contribution in [2.75, 3.05) is 17.3 Å². The van der Waals surface area contributed by atoms with E-state index in [9.17, 15) is 9.00 Å². The molecule has 6 nitrogen and oxygen atoms in total. The minimum absolute atomic E-state index is 0.0564. The van der Waals surface area contributed by atoms with Crippen molar-refractivity contribution < 1.29 is 14.1 Å². The molecule has 0 amide bonds. The molecule has 0 saturated heterocycles. The molecule has 2 aromatic rings. The fraction of sp³-hybridized carbons (Fsp3) is 0.462. The Balaban J connectivity index is 2.35. The summed E-state index contributed by atoms with van der Waals surface area (Å²) in [6.45, 7) is 4.30. The second-order valence-corrected chi connectivity index (χ2v) is 7.26. The first-order valence-corrected chi connectivity index (χ1v) is 9.02. The van der Waals surface area contributed by atoms with E-state index in [1.54, 1.807) is 0 Å². The number of imidazole rings is 1. The first-order chi connectivity index (χ1) is 10.0. The molecule has 2 rings (SSSR count). The molecule has 2 aromatic heterocycles. The highest BCUT2D eigenvalue weighted by Crippen LogP contribution is 2.23. The highest BCUT2D eigenvalue weighted by Gasteiger charge is 2.14. The van der Waals surface area contributed by atoms with Gasteiger partial charge < -0.3 is 9.67 Å². The predicted molar refractivity (Wildman–Crippen MR) is 84.2 cm³/mol. The number of fused-ring (bicyclic) bond motifs is 1. The number of pyridine rings is 1. The Morgan fingerprint density at radius 3 is 2.86 bits per heavy atom. The van der Waals surface area contributed by atoms with E-state index < -0.39 is 16.8 Å². The van der Waals surface area contributed by atoms with Gasteiger partial charge in [-0.1, -0.05) is 18.7 Å². The minimum Gasteiger partial charge on any atom is -0.481 e. The number of hydrogen-bond acceptors (Lipinski definition) is 5. The summed E-state index contributed by atoms with van der Waals surface area (Å²) >= 11 is 1.16. The molecule has 8 heteroatoms. The molecule has 0 fully saturated rings. The van der Waals surface area contributed by atoms with Crippen molar-refractivity contribution in [1.82, 2.24) is 14.5 Å². The van der Waals surface area contributed by atoms with E-state index in [-0.39, 0.29) is 5.75 Å². The second-order valence-electron chi connectivity index (χ2n) is 4.46. The summed E-state index contributed by atoms with van der Waals surface area (Å²) < 4.78 is 13.5. The molecule has 1 unspecified atom stereocenters. The molecule has 0 bridgehead atoms. The molecule has 1 N–H and O–H groups in total. The molecule has 0 aliphatic carbocycles. The van der Waals surface area contributed by atoms with Crippen molar-refractivity contribution in [1.29, 1.82) is 0 Å². The van der Waals surface area contributed by atoms with E-state index in [1.807, 2.05) is 30.5 Å². The number of aryl methyl sites for hydroxylation is 2. The molecule has 0 spiro atoms. The molecule has 0 saturated carbocycles. The van der Waals surface area contributed by atoms with Crippen LogP contribution in [0.5, 0.6) is 0 Å². The van der Waals surface area contributed by atoms with Gasteiger partial charge in [0.1, 0.15) is 5.52 Å². The summed E-state index contributed by atoms with van der Waals surface area (Å²) in [5.74, 6) is 0.175. The molecule has 0 aliphatic heterocycles. The maximum Gasteiger partial charge on any atom is 0.313 e. The van der Waals surface area contributed by atoms with Crippen LogP contribution in [0.25, 0.3) is 11.2 Å². The average molecular weight is 327 g/mol. The third kappa shape index (κ3) is 4.04. The van der Waals surface area contributed by atoms with Crippen LogP contribution in [0.3, 0.4) is 0 Å². The largest absolute Gasteiger partial charge is 0.481 e. The Labute approximate surface area is 129 Å². The summed E-state index contributed by atoms with van der Waals surface area (Å²) in [6.07, 6.45) is 0. The number of rotatable bonds is 7. The van der Waals surface area contributed by atoms with E-state index in [2.05, 4.69) is 9.97 Å². The lowest BCUT2D eigenvalue weighted by atomic mass is 10.3. The fourth-order valence-electron chi connectivity index (χ4n) is 1.85. The lowest BCUT2D eigenvalue weighted by Crippen LogP contribution is -2.11. The van der Waals surface area contributed by atoms with Crippen LogP contribution in [-0.2, 0) is 22.1 Å². The van der Waals surface area contributed by atoms with Gasteiger partial charge in [0.25, 0.3) is 0 Å². The van der Waals surface area contributed by atoms with Gasteiger partial charge in [-0.15, -0.1) is 0 Å². The number of thioether (sulfide) groups is 1. The highest BCUT2D eigenvalue weighted by molar-refractivity contribution is 7.99. The molecule has 2 heterocycles. The number of carboxylic acids is 1. The van der Waals surface area contributed by atoms with Crippen LogP contribution in [0.1, 0.15) is 12.6 Å². The van der Waals surface area contributed by atoms with E-state index in [0.29, 0.717) is 23.2 Å². The van der Waals surface area contributed by atoms with Crippen molar-refractivity contribution >= 4 is 39.7 Å². The van der Waals surface area contributed by atoms with Crippen molar-refractivity contribution in [2.24, 2.45) is 0 Å². The molecule has 114 valence electrons. The smallest absolute Gasteiger partial charge is 0.313 e. The van der Waals surface area contributed by atoms with Gasteiger partial charge in [0, 0.05) is 34.5 Å².